The van der Waals surface area contributed by atoms with Gasteiger partial charge in [-0.05, 0) is 0 Å². The van der Waals surface area contributed by atoms with Gasteiger partial charge in [-0.15, -0.1) is 0 Å². The summed E-state index contributed by atoms with van der Waals surface area (Å²) in [5.74, 6) is 0. The highest BCUT2D eigenvalue weighted by molar-refractivity contribution is 4.97. The lowest BCUT2D eigenvalue weighted by Gasteiger charge is -2.44. The molecule has 2 aliphatic rings. The van der Waals surface area contributed by atoms with Gasteiger partial charge in [-0.25, -0.2) is 0 Å². The van der Waals surface area contributed by atoms with Gasteiger partial charge >= 0.3 is 0 Å². The minimum atomic E-state index is -1.56. The summed E-state index contributed by atoms with van der Waals surface area (Å²) in [7, 11) is 0. The lowest BCUT2D eigenvalue weighted by atomic mass is 9.87. The Morgan fingerprint density at radius 3 is 1.09 bits per heavy atom. The first kappa shape index (κ1) is 18.9. The maximum Gasteiger partial charge on any atom is 0.111 e. The lowest BCUT2D eigenvalue weighted by Crippen LogP contribution is -2.62. The third-order valence-corrected chi connectivity index (χ3v) is 4.45. The summed E-state index contributed by atoms with van der Waals surface area (Å²) in [5, 5.41) is 77.1. The normalized spacial score (nSPS) is 51.7. The fourth-order valence-electron chi connectivity index (χ4n) is 2.98. The van der Waals surface area contributed by atoms with Crippen molar-refractivity contribution >= 4 is 0 Å². The van der Waals surface area contributed by atoms with Gasteiger partial charge in [0.05, 0.1) is 25.4 Å². The molecule has 0 amide bonds. The molecule has 0 aromatic heterocycles. The summed E-state index contributed by atoms with van der Waals surface area (Å²) in [6.45, 7) is -1.17. The van der Waals surface area contributed by atoms with E-state index in [0.717, 1.165) is 0 Å². The Labute approximate surface area is 132 Å². The van der Waals surface area contributed by atoms with Gasteiger partial charge in [-0.2, -0.15) is 0 Å². The highest BCUT2D eigenvalue weighted by atomic mass is 16.6. The molecule has 2 aliphatic heterocycles. The van der Waals surface area contributed by atoms with Gasteiger partial charge in [0.25, 0.3) is 0 Å². The number of ether oxygens (including phenoxy) is 2. The van der Waals surface area contributed by atoms with Crippen LogP contribution in [-0.2, 0) is 9.47 Å². The van der Waals surface area contributed by atoms with Crippen molar-refractivity contribution in [3.8, 4) is 0 Å². The Balaban J connectivity index is 2.07. The van der Waals surface area contributed by atoms with Crippen molar-refractivity contribution in [3.05, 3.63) is 0 Å². The Morgan fingerprint density at radius 2 is 0.783 bits per heavy atom. The average molecular weight is 340 g/mol. The third-order valence-electron chi connectivity index (χ3n) is 4.45. The SMILES string of the molecule is OC[C@H]1O[C@H](C[C@H]2O[C@H](CO)[C@@H](O)[C@H](O)[C@@H]2O)[C@@H](O)[C@@H](O)[C@@H]1O. The zero-order valence-corrected chi connectivity index (χ0v) is 12.3. The first-order chi connectivity index (χ1) is 10.8. The average Bonchev–Trinajstić information content (AvgIpc) is 2.55. The van der Waals surface area contributed by atoms with E-state index in [4.69, 9.17) is 19.7 Å². The van der Waals surface area contributed by atoms with E-state index in [1.54, 1.807) is 0 Å². The van der Waals surface area contributed by atoms with Crippen LogP contribution in [0.25, 0.3) is 0 Å². The zero-order valence-electron chi connectivity index (χ0n) is 12.3. The quantitative estimate of drug-likeness (QED) is 0.247. The van der Waals surface area contributed by atoms with Crippen molar-refractivity contribution in [3.63, 3.8) is 0 Å². The highest BCUT2D eigenvalue weighted by Crippen LogP contribution is 2.29. The van der Waals surface area contributed by atoms with Crippen molar-refractivity contribution in [1.82, 2.24) is 0 Å². The van der Waals surface area contributed by atoms with Gasteiger partial charge in [-0.3, -0.25) is 0 Å². The summed E-state index contributed by atoms with van der Waals surface area (Å²) >= 11 is 0. The Kier molecular flexibility index (Phi) is 6.30. The van der Waals surface area contributed by atoms with Crippen molar-refractivity contribution in [2.24, 2.45) is 0 Å². The van der Waals surface area contributed by atoms with Crippen LogP contribution in [0.15, 0.2) is 0 Å². The summed E-state index contributed by atoms with van der Waals surface area (Å²) in [6.07, 6.45) is -13.7. The molecule has 0 aromatic rings. The van der Waals surface area contributed by atoms with Gasteiger partial charge < -0.3 is 50.3 Å². The van der Waals surface area contributed by atoms with Crippen LogP contribution >= 0.6 is 0 Å². The summed E-state index contributed by atoms with van der Waals surface area (Å²) in [6, 6.07) is 0. The second-order valence-electron chi connectivity index (χ2n) is 5.97. The number of aliphatic hydroxyl groups is 8. The minimum absolute atomic E-state index is 0.192. The molecule has 2 rings (SSSR count). The minimum Gasteiger partial charge on any atom is -0.394 e. The maximum atomic E-state index is 9.96. The molecule has 10 nitrogen and oxygen atoms in total. The predicted molar refractivity (Wildman–Crippen MR) is 72.2 cm³/mol. The molecular weight excluding hydrogens is 316 g/mol. The van der Waals surface area contributed by atoms with Crippen LogP contribution in [0.4, 0.5) is 0 Å². The molecule has 0 radical (unpaired) electrons. The molecule has 0 bridgehead atoms. The van der Waals surface area contributed by atoms with Crippen molar-refractivity contribution in [2.75, 3.05) is 13.2 Å². The van der Waals surface area contributed by atoms with Crippen molar-refractivity contribution < 1.29 is 50.3 Å². The fraction of sp³-hybridized carbons (Fsp3) is 1.00. The molecule has 0 aromatic carbocycles. The molecular formula is C13H24O10. The van der Waals surface area contributed by atoms with E-state index >= 15 is 0 Å². The summed E-state index contributed by atoms with van der Waals surface area (Å²) in [5.41, 5.74) is 0. The van der Waals surface area contributed by atoms with Crippen LogP contribution in [0.5, 0.6) is 0 Å². The maximum absolute atomic E-state index is 9.96. The van der Waals surface area contributed by atoms with Crippen LogP contribution < -0.4 is 0 Å². The van der Waals surface area contributed by atoms with Gasteiger partial charge in [0.1, 0.15) is 48.8 Å². The standard InChI is InChI=1S/C13H24O10/c14-2-6-10(18)12(20)8(16)4(22-6)1-5-9(17)13(21)11(19)7(3-15)23-5/h4-21H,1-3H2/t4-,5-,6-,7-,8-,9-,10-,11-,12-,13-/m1/s1. The van der Waals surface area contributed by atoms with E-state index in [-0.39, 0.29) is 6.42 Å². The van der Waals surface area contributed by atoms with Crippen LogP contribution in [0.2, 0.25) is 0 Å². The number of hydrogen-bond acceptors (Lipinski definition) is 10. The van der Waals surface area contributed by atoms with E-state index in [1.807, 2.05) is 0 Å². The Hall–Kier alpha value is -0.400. The molecule has 2 saturated heterocycles. The third kappa shape index (κ3) is 3.66. The van der Waals surface area contributed by atoms with Gasteiger partial charge in [0, 0.05) is 6.42 Å². The molecule has 2 fully saturated rings. The van der Waals surface area contributed by atoms with Crippen molar-refractivity contribution in [1.29, 1.82) is 0 Å². The second-order valence-corrected chi connectivity index (χ2v) is 5.97. The van der Waals surface area contributed by atoms with E-state index < -0.39 is 74.3 Å². The van der Waals surface area contributed by atoms with Gasteiger partial charge in [0.15, 0.2) is 0 Å². The number of hydrogen-bond donors (Lipinski definition) is 8. The largest absolute Gasteiger partial charge is 0.394 e. The van der Waals surface area contributed by atoms with Gasteiger partial charge in [0.2, 0.25) is 0 Å². The highest BCUT2D eigenvalue weighted by Gasteiger charge is 2.48. The molecule has 23 heavy (non-hydrogen) atoms. The van der Waals surface area contributed by atoms with E-state index in [1.165, 1.54) is 0 Å². The van der Waals surface area contributed by atoms with Crippen LogP contribution in [0, 0.1) is 0 Å². The molecule has 2 heterocycles. The Morgan fingerprint density at radius 1 is 0.478 bits per heavy atom. The number of rotatable bonds is 4. The molecule has 0 aliphatic carbocycles. The fourth-order valence-corrected chi connectivity index (χ4v) is 2.98. The molecule has 0 saturated carbocycles. The molecule has 136 valence electrons. The van der Waals surface area contributed by atoms with Crippen LogP contribution in [0.1, 0.15) is 6.42 Å². The first-order valence-electron chi connectivity index (χ1n) is 7.42. The van der Waals surface area contributed by atoms with Crippen LogP contribution in [0.3, 0.4) is 0 Å². The zero-order chi connectivity index (χ0) is 17.3. The second kappa shape index (κ2) is 7.66. The van der Waals surface area contributed by atoms with E-state index in [2.05, 4.69) is 0 Å². The molecule has 10 heteroatoms. The Bertz CT molecular complexity index is 344. The molecule has 0 spiro atoms. The summed E-state index contributed by atoms with van der Waals surface area (Å²) in [4.78, 5) is 0. The lowest BCUT2D eigenvalue weighted by molar-refractivity contribution is -0.262. The molecule has 0 unspecified atom stereocenters. The first-order valence-corrected chi connectivity index (χ1v) is 7.42. The predicted octanol–water partition coefficient (Wildman–Crippen LogP) is -4.94. The number of aliphatic hydroxyl groups excluding tert-OH is 8. The summed E-state index contributed by atoms with van der Waals surface area (Å²) < 4.78 is 10.6. The van der Waals surface area contributed by atoms with Crippen molar-refractivity contribution in [2.45, 2.75) is 67.5 Å². The topological polar surface area (TPSA) is 180 Å². The monoisotopic (exact) mass is 340 g/mol. The molecule has 10 atom stereocenters. The van der Waals surface area contributed by atoms with E-state index in [9.17, 15) is 30.6 Å². The van der Waals surface area contributed by atoms with Crippen LogP contribution in [-0.4, -0.2) is 115 Å². The van der Waals surface area contributed by atoms with E-state index in [0.29, 0.717) is 0 Å². The smallest absolute Gasteiger partial charge is 0.111 e. The molecule has 8 N–H and O–H groups in total. The van der Waals surface area contributed by atoms with Gasteiger partial charge in [-0.1, -0.05) is 0 Å².